The smallest absolute Gasteiger partial charge is 0.305 e. The SMILES string of the molecule is CCCC/C=C\C/C=C\CCCCCCCC(=O)OCCCCCCCCCCC/C=C\C/C=C\CCCCCCCCCCCC(=O)NC(CO)C(O)CCCCCCCCCCCCCCCCCCC. The van der Waals surface area contributed by atoms with Crippen LogP contribution in [-0.2, 0) is 14.3 Å². The van der Waals surface area contributed by atoms with Crippen molar-refractivity contribution in [2.24, 2.45) is 0 Å². The Labute approximate surface area is 455 Å². The minimum absolute atomic E-state index is 0.00575. The molecule has 0 aromatic rings. The molecule has 0 spiro atoms. The fraction of sp³-hybridized carbons (Fsp3) is 0.851. The Balaban J connectivity index is 3.44. The zero-order valence-electron chi connectivity index (χ0n) is 48.9. The number of unbranched alkanes of at least 4 members (excludes halogenated alkanes) is 41. The van der Waals surface area contributed by atoms with Crippen LogP contribution in [0.3, 0.4) is 0 Å². The Morgan fingerprint density at radius 2 is 0.699 bits per heavy atom. The molecule has 0 aliphatic carbocycles. The van der Waals surface area contributed by atoms with E-state index in [1.165, 1.54) is 250 Å². The summed E-state index contributed by atoms with van der Waals surface area (Å²) in [7, 11) is 0. The molecule has 0 radical (unpaired) electrons. The average Bonchev–Trinajstić information content (AvgIpc) is 3.39. The van der Waals surface area contributed by atoms with E-state index in [1.807, 2.05) is 0 Å². The molecule has 0 aliphatic rings. The summed E-state index contributed by atoms with van der Waals surface area (Å²) in [6.07, 6.45) is 79.8. The van der Waals surface area contributed by atoms with Gasteiger partial charge in [-0.1, -0.05) is 294 Å². The lowest BCUT2D eigenvalue weighted by molar-refractivity contribution is -0.143. The van der Waals surface area contributed by atoms with Crippen molar-refractivity contribution >= 4 is 11.9 Å². The van der Waals surface area contributed by atoms with Gasteiger partial charge >= 0.3 is 5.97 Å². The molecule has 0 bridgehead atoms. The standard InChI is InChI=1S/C67H125NO5/c1-3-5-7-9-11-13-15-17-19-29-32-35-39-43-47-51-55-59-65(70)64(63-69)68-66(71)60-56-52-48-44-40-36-33-30-27-25-23-21-20-22-24-26-28-31-34-38-42-46-50-54-58-62-73-67(72)61-57-53-49-45-41-37-18-16-14-12-10-8-6-4-2/h10,12,16,18,21-24,64-65,69-70H,3-9,11,13-15,17,19-20,25-63H2,1-2H3,(H,68,71)/b12-10-,18-16-,23-21-,24-22-. The van der Waals surface area contributed by atoms with E-state index in [2.05, 4.69) is 67.8 Å². The number of aliphatic hydroxyl groups is 2. The number of allylic oxidation sites excluding steroid dienone is 8. The maximum Gasteiger partial charge on any atom is 0.305 e. The van der Waals surface area contributed by atoms with Crippen molar-refractivity contribution < 1.29 is 24.5 Å². The summed E-state index contributed by atoms with van der Waals surface area (Å²) in [6.45, 7) is 4.92. The predicted molar refractivity (Wildman–Crippen MR) is 319 cm³/mol. The highest BCUT2D eigenvalue weighted by atomic mass is 16.5. The Kier molecular flexibility index (Phi) is 60.5. The molecule has 0 fully saturated rings. The van der Waals surface area contributed by atoms with Gasteiger partial charge in [0.2, 0.25) is 5.91 Å². The number of carbonyl (C=O) groups is 2. The number of hydrogen-bond acceptors (Lipinski definition) is 5. The van der Waals surface area contributed by atoms with Crippen LogP contribution < -0.4 is 5.32 Å². The number of ether oxygens (including phenoxy) is 1. The highest BCUT2D eigenvalue weighted by Crippen LogP contribution is 2.17. The Morgan fingerprint density at radius 1 is 0.384 bits per heavy atom. The first kappa shape index (κ1) is 70.8. The minimum atomic E-state index is -0.669. The van der Waals surface area contributed by atoms with E-state index in [0.29, 0.717) is 25.9 Å². The molecule has 2 atom stereocenters. The van der Waals surface area contributed by atoms with Gasteiger partial charge in [-0.05, 0) is 83.5 Å². The number of esters is 1. The van der Waals surface area contributed by atoms with E-state index < -0.39 is 12.1 Å². The Bertz CT molecular complexity index is 1230. The van der Waals surface area contributed by atoms with Crippen LogP contribution in [0.25, 0.3) is 0 Å². The van der Waals surface area contributed by atoms with Crippen molar-refractivity contribution in [2.75, 3.05) is 13.2 Å². The number of carbonyl (C=O) groups excluding carboxylic acids is 2. The third-order valence-electron chi connectivity index (χ3n) is 14.9. The second-order valence-electron chi connectivity index (χ2n) is 22.1. The fourth-order valence-corrected chi connectivity index (χ4v) is 9.86. The van der Waals surface area contributed by atoms with Gasteiger partial charge in [-0.15, -0.1) is 0 Å². The van der Waals surface area contributed by atoms with Gasteiger partial charge in [-0.25, -0.2) is 0 Å². The van der Waals surface area contributed by atoms with Gasteiger partial charge in [0.05, 0.1) is 25.4 Å². The molecule has 6 nitrogen and oxygen atoms in total. The predicted octanol–water partition coefficient (Wildman–Crippen LogP) is 20.5. The summed E-state index contributed by atoms with van der Waals surface area (Å²) in [4.78, 5) is 24.5. The van der Waals surface area contributed by atoms with Gasteiger partial charge in [0.15, 0.2) is 0 Å². The number of hydrogen-bond donors (Lipinski definition) is 3. The molecule has 0 heterocycles. The van der Waals surface area contributed by atoms with Gasteiger partial charge in [0.1, 0.15) is 0 Å². The molecule has 0 saturated heterocycles. The average molecular weight is 1020 g/mol. The van der Waals surface area contributed by atoms with Gasteiger partial charge in [-0.3, -0.25) is 9.59 Å². The molecular weight excluding hydrogens is 899 g/mol. The van der Waals surface area contributed by atoms with Crippen molar-refractivity contribution in [3.8, 4) is 0 Å². The van der Waals surface area contributed by atoms with Crippen molar-refractivity contribution in [3.63, 3.8) is 0 Å². The van der Waals surface area contributed by atoms with E-state index in [9.17, 15) is 19.8 Å². The fourth-order valence-electron chi connectivity index (χ4n) is 9.86. The normalized spacial score (nSPS) is 12.9. The number of rotatable bonds is 60. The zero-order valence-corrected chi connectivity index (χ0v) is 48.9. The Morgan fingerprint density at radius 3 is 1.08 bits per heavy atom. The topological polar surface area (TPSA) is 95.9 Å². The second-order valence-corrected chi connectivity index (χ2v) is 22.1. The third kappa shape index (κ3) is 58.9. The summed E-state index contributed by atoms with van der Waals surface area (Å²) < 4.78 is 5.47. The lowest BCUT2D eigenvalue weighted by atomic mass is 10.0. The first-order chi connectivity index (χ1) is 36.0. The zero-order chi connectivity index (χ0) is 52.9. The monoisotopic (exact) mass is 1020 g/mol. The molecule has 0 saturated carbocycles. The molecule has 428 valence electrons. The lowest BCUT2D eigenvalue weighted by Gasteiger charge is -2.22. The maximum atomic E-state index is 12.5. The van der Waals surface area contributed by atoms with Crippen LogP contribution in [0.15, 0.2) is 48.6 Å². The summed E-state index contributed by atoms with van der Waals surface area (Å²) in [5, 5.41) is 23.3. The van der Waals surface area contributed by atoms with Gasteiger partial charge < -0.3 is 20.3 Å². The van der Waals surface area contributed by atoms with Crippen LogP contribution in [0.1, 0.15) is 341 Å². The quantitative estimate of drug-likeness (QED) is 0.0320. The molecule has 0 aromatic heterocycles. The molecule has 0 aliphatic heterocycles. The molecule has 2 unspecified atom stereocenters. The summed E-state index contributed by atoms with van der Waals surface area (Å²) in [5.74, 6) is -0.0452. The minimum Gasteiger partial charge on any atom is -0.466 e. The molecule has 6 heteroatoms. The van der Waals surface area contributed by atoms with Gasteiger partial charge in [-0.2, -0.15) is 0 Å². The van der Waals surface area contributed by atoms with Crippen molar-refractivity contribution in [3.05, 3.63) is 48.6 Å². The van der Waals surface area contributed by atoms with E-state index in [1.54, 1.807) is 0 Å². The summed E-state index contributed by atoms with van der Waals surface area (Å²) in [6, 6.07) is -0.547. The summed E-state index contributed by atoms with van der Waals surface area (Å²) >= 11 is 0. The van der Waals surface area contributed by atoms with Crippen molar-refractivity contribution in [1.82, 2.24) is 5.32 Å². The lowest BCUT2D eigenvalue weighted by Crippen LogP contribution is -2.45. The highest BCUT2D eigenvalue weighted by molar-refractivity contribution is 5.76. The van der Waals surface area contributed by atoms with Gasteiger partial charge in [0.25, 0.3) is 0 Å². The molecule has 3 N–H and O–H groups in total. The molecular formula is C67H125NO5. The van der Waals surface area contributed by atoms with Crippen molar-refractivity contribution in [2.45, 2.75) is 353 Å². The number of amides is 1. The maximum absolute atomic E-state index is 12.5. The van der Waals surface area contributed by atoms with Crippen LogP contribution in [0.4, 0.5) is 0 Å². The molecule has 0 aromatic carbocycles. The second kappa shape index (κ2) is 62.4. The van der Waals surface area contributed by atoms with Crippen LogP contribution >= 0.6 is 0 Å². The first-order valence-corrected chi connectivity index (χ1v) is 32.4. The van der Waals surface area contributed by atoms with E-state index in [4.69, 9.17) is 4.74 Å². The Hall–Kier alpha value is -2.18. The third-order valence-corrected chi connectivity index (χ3v) is 14.9. The van der Waals surface area contributed by atoms with Crippen molar-refractivity contribution in [1.29, 1.82) is 0 Å². The van der Waals surface area contributed by atoms with Crippen LogP contribution in [-0.4, -0.2) is 47.4 Å². The molecule has 1 amide bonds. The number of nitrogens with one attached hydrogen (secondary N) is 1. The summed E-state index contributed by atoms with van der Waals surface area (Å²) in [5.41, 5.74) is 0. The molecule has 73 heavy (non-hydrogen) atoms. The first-order valence-electron chi connectivity index (χ1n) is 32.4. The van der Waals surface area contributed by atoms with E-state index in [0.717, 1.165) is 57.8 Å². The highest BCUT2D eigenvalue weighted by Gasteiger charge is 2.20. The van der Waals surface area contributed by atoms with E-state index >= 15 is 0 Å². The van der Waals surface area contributed by atoms with E-state index in [-0.39, 0.29) is 18.5 Å². The molecule has 0 rings (SSSR count). The van der Waals surface area contributed by atoms with Gasteiger partial charge in [0, 0.05) is 12.8 Å². The van der Waals surface area contributed by atoms with Crippen LogP contribution in [0.2, 0.25) is 0 Å². The van der Waals surface area contributed by atoms with Crippen LogP contribution in [0, 0.1) is 0 Å². The largest absolute Gasteiger partial charge is 0.466 e. The number of aliphatic hydroxyl groups excluding tert-OH is 2. The van der Waals surface area contributed by atoms with Crippen LogP contribution in [0.5, 0.6) is 0 Å².